The third-order valence-corrected chi connectivity index (χ3v) is 8.40. The summed E-state index contributed by atoms with van der Waals surface area (Å²) in [6, 6.07) is -4.53. The van der Waals surface area contributed by atoms with Crippen LogP contribution >= 0.6 is 12.2 Å². The average Bonchev–Trinajstić information content (AvgIpc) is 2.97. The van der Waals surface area contributed by atoms with Gasteiger partial charge in [-0.05, 0) is 44.1 Å². The first-order valence-electron chi connectivity index (χ1n) is 16.4. The van der Waals surface area contributed by atoms with Crippen molar-refractivity contribution in [3.63, 3.8) is 0 Å². The predicted octanol–water partition coefficient (Wildman–Crippen LogP) is 0.827. The summed E-state index contributed by atoms with van der Waals surface area (Å²) in [5.74, 6) is -4.54. The summed E-state index contributed by atoms with van der Waals surface area (Å²) in [5.41, 5.74) is 16.7. The Morgan fingerprint density at radius 1 is 0.848 bits per heavy atom. The second-order valence-corrected chi connectivity index (χ2v) is 13.4. The molecule has 0 aromatic carbocycles. The summed E-state index contributed by atoms with van der Waals surface area (Å²) in [4.78, 5) is 78.5. The standard InChI is InChI=1S/C32H55N7O6S/c1-19(2)16-23(36-29(42)21(5)10-9-13-33)30(43)37-24(18-26(34)40)31(44)38-25(17-22-11-7-6-8-12-22)32(45)39(14-15-46)27(20(3)4)28(35)41/h14-15,19-25,27H,6-13,16-18,33H2,1-5H3,(H6-,34,35,36,37,38,40,41,42,43,44)/p+1/t21-,23+,24-,25-,27-/m0/s1. The van der Waals surface area contributed by atoms with E-state index < -0.39 is 60.1 Å². The lowest BCUT2D eigenvalue weighted by molar-refractivity contribution is -0.479. The Bertz CT molecular complexity index is 1110. The fourth-order valence-corrected chi connectivity index (χ4v) is 5.97. The van der Waals surface area contributed by atoms with Gasteiger partial charge in [-0.15, -0.1) is 0 Å². The minimum atomic E-state index is -1.42. The molecular formula is C32H56N7O6S+. The Morgan fingerprint density at radius 3 is 1.91 bits per heavy atom. The number of carbonyl (C=O) groups excluding carboxylic acids is 6. The zero-order chi connectivity index (χ0) is 35.0. The van der Waals surface area contributed by atoms with Crippen LogP contribution in [0.15, 0.2) is 0 Å². The van der Waals surface area contributed by atoms with E-state index in [9.17, 15) is 28.8 Å². The van der Waals surface area contributed by atoms with Gasteiger partial charge in [-0.1, -0.05) is 78.9 Å². The van der Waals surface area contributed by atoms with Crippen molar-refractivity contribution >= 4 is 59.2 Å². The summed E-state index contributed by atoms with van der Waals surface area (Å²) in [6.07, 6.45) is 7.28. The molecule has 13 nitrogen and oxygen atoms in total. The number of nitrogens with one attached hydrogen (secondary N) is 3. The molecule has 6 amide bonds. The molecule has 0 aromatic heterocycles. The fraction of sp³-hybridized carbons (Fsp3) is 0.750. The first-order chi connectivity index (χ1) is 21.6. The molecule has 0 unspecified atom stereocenters. The van der Waals surface area contributed by atoms with Crippen LogP contribution in [0, 0.1) is 23.7 Å². The molecule has 14 heteroatoms. The highest BCUT2D eigenvalue weighted by molar-refractivity contribution is 7.80. The monoisotopic (exact) mass is 666 g/mol. The van der Waals surface area contributed by atoms with Gasteiger partial charge >= 0.3 is 5.91 Å². The second-order valence-electron chi connectivity index (χ2n) is 13.2. The molecule has 1 aliphatic carbocycles. The van der Waals surface area contributed by atoms with Crippen molar-refractivity contribution in [3.05, 3.63) is 0 Å². The van der Waals surface area contributed by atoms with E-state index >= 15 is 0 Å². The number of carbonyl (C=O) groups is 6. The number of hydrogen-bond donors (Lipinski definition) is 6. The molecule has 0 saturated heterocycles. The van der Waals surface area contributed by atoms with E-state index in [1.807, 2.05) is 13.8 Å². The zero-order valence-corrected chi connectivity index (χ0v) is 28.9. The molecular weight excluding hydrogens is 610 g/mol. The van der Waals surface area contributed by atoms with E-state index in [-0.39, 0.29) is 42.4 Å². The van der Waals surface area contributed by atoms with Crippen LogP contribution < -0.4 is 33.2 Å². The van der Waals surface area contributed by atoms with Crippen molar-refractivity contribution in [2.75, 3.05) is 6.54 Å². The van der Waals surface area contributed by atoms with Crippen molar-refractivity contribution in [3.8, 4) is 0 Å². The molecule has 0 bridgehead atoms. The van der Waals surface area contributed by atoms with Gasteiger partial charge < -0.3 is 33.2 Å². The van der Waals surface area contributed by atoms with E-state index in [1.54, 1.807) is 20.8 Å². The van der Waals surface area contributed by atoms with Crippen LogP contribution in [0.25, 0.3) is 0 Å². The second kappa shape index (κ2) is 20.8. The molecule has 46 heavy (non-hydrogen) atoms. The highest BCUT2D eigenvalue weighted by Crippen LogP contribution is 2.28. The molecule has 260 valence electrons. The fourth-order valence-electron chi connectivity index (χ4n) is 5.84. The molecule has 1 fully saturated rings. The van der Waals surface area contributed by atoms with Gasteiger partial charge in [0.05, 0.1) is 11.8 Å². The lowest BCUT2D eigenvalue weighted by Gasteiger charge is -2.28. The van der Waals surface area contributed by atoms with Crippen molar-refractivity contribution in [2.24, 2.45) is 40.9 Å². The number of nitrogens with two attached hydrogens (primary N) is 3. The number of primary amides is 2. The van der Waals surface area contributed by atoms with Crippen LogP contribution in [0.4, 0.5) is 0 Å². The van der Waals surface area contributed by atoms with Gasteiger partial charge in [0.2, 0.25) is 29.7 Å². The Morgan fingerprint density at radius 2 is 1.41 bits per heavy atom. The molecule has 1 saturated carbocycles. The van der Waals surface area contributed by atoms with Crippen LogP contribution in [0.3, 0.4) is 0 Å². The minimum absolute atomic E-state index is 0.0129. The van der Waals surface area contributed by atoms with Crippen molar-refractivity contribution < 1.29 is 33.3 Å². The summed E-state index contributed by atoms with van der Waals surface area (Å²) in [6.45, 7) is 9.44. The van der Waals surface area contributed by atoms with Gasteiger partial charge in [0.15, 0.2) is 12.3 Å². The van der Waals surface area contributed by atoms with E-state index in [0.29, 0.717) is 19.4 Å². The number of hydrogen-bond acceptors (Lipinski definition) is 8. The molecule has 0 aromatic rings. The van der Waals surface area contributed by atoms with Crippen molar-refractivity contribution in [1.29, 1.82) is 0 Å². The Kier molecular flexibility index (Phi) is 18.4. The highest BCUT2D eigenvalue weighted by Gasteiger charge is 2.42. The first-order valence-corrected chi connectivity index (χ1v) is 16.9. The van der Waals surface area contributed by atoms with Crippen LogP contribution in [-0.4, -0.2) is 82.3 Å². The van der Waals surface area contributed by atoms with Gasteiger partial charge in [0.25, 0.3) is 5.91 Å². The topological polar surface area (TPSA) is 220 Å². The third kappa shape index (κ3) is 14.0. The largest absolute Gasteiger partial charge is 0.410 e. The third-order valence-electron chi connectivity index (χ3n) is 8.27. The van der Waals surface area contributed by atoms with Crippen LogP contribution in [-0.2, 0) is 28.8 Å². The molecule has 9 N–H and O–H groups in total. The van der Waals surface area contributed by atoms with Crippen LogP contribution in [0.2, 0.25) is 0 Å². The predicted molar refractivity (Wildman–Crippen MR) is 181 cm³/mol. The number of nitrogens with zero attached hydrogens (tertiary/aromatic N) is 1. The van der Waals surface area contributed by atoms with E-state index in [1.165, 1.54) is 11.6 Å². The summed E-state index contributed by atoms with van der Waals surface area (Å²) in [5, 5.41) is 9.29. The Labute approximate surface area is 278 Å². The number of amides is 6. The quantitative estimate of drug-likeness (QED) is 0.0619. The Balaban J connectivity index is 3.37. The van der Waals surface area contributed by atoms with Gasteiger partial charge in [-0.25, -0.2) is 4.79 Å². The SMILES string of the molecule is CC(C)C[C@@H](NC(=O)[C@@H](C)CCCN)C(=O)N[C@@H](CC(N)=O)C(=O)N[C@@H](CC1CCCCC1)C(=O)[N+](=CC=S)[C@H](C(N)=O)C(C)C. The van der Waals surface area contributed by atoms with Crippen molar-refractivity contribution in [1.82, 2.24) is 16.0 Å². The molecule has 1 rings (SSSR count). The Hall–Kier alpha value is -3.26. The average molecular weight is 667 g/mol. The lowest BCUT2D eigenvalue weighted by atomic mass is 9.84. The first kappa shape index (κ1) is 40.8. The molecule has 5 atom stereocenters. The van der Waals surface area contributed by atoms with Crippen molar-refractivity contribution in [2.45, 2.75) is 123 Å². The molecule has 0 aliphatic heterocycles. The zero-order valence-electron chi connectivity index (χ0n) is 28.1. The summed E-state index contributed by atoms with van der Waals surface area (Å²) in [7, 11) is 0. The molecule has 0 radical (unpaired) electrons. The molecule has 1 aliphatic rings. The lowest BCUT2D eigenvalue weighted by Crippen LogP contribution is -2.59. The molecule has 0 heterocycles. The van der Waals surface area contributed by atoms with E-state index in [4.69, 9.17) is 29.4 Å². The summed E-state index contributed by atoms with van der Waals surface area (Å²) < 4.78 is 1.16. The maximum atomic E-state index is 14.0. The summed E-state index contributed by atoms with van der Waals surface area (Å²) >= 11 is 4.98. The van der Waals surface area contributed by atoms with E-state index in [0.717, 1.165) is 36.7 Å². The van der Waals surface area contributed by atoms with E-state index in [2.05, 4.69) is 16.0 Å². The number of thiocarbonyl (C=S) groups is 1. The van der Waals surface area contributed by atoms with Gasteiger partial charge in [-0.3, -0.25) is 24.0 Å². The van der Waals surface area contributed by atoms with Crippen LogP contribution in [0.5, 0.6) is 0 Å². The highest BCUT2D eigenvalue weighted by atomic mass is 32.1. The maximum Gasteiger partial charge on any atom is 0.410 e. The number of rotatable bonds is 20. The molecule has 0 spiro atoms. The van der Waals surface area contributed by atoms with Gasteiger partial charge in [0.1, 0.15) is 12.1 Å². The minimum Gasteiger partial charge on any atom is -0.370 e. The van der Waals surface area contributed by atoms with Crippen LogP contribution in [0.1, 0.15) is 98.8 Å². The normalized spacial score (nSPS) is 17.3. The smallest absolute Gasteiger partial charge is 0.370 e. The maximum absolute atomic E-state index is 14.0. The van der Waals surface area contributed by atoms with Gasteiger partial charge in [-0.2, -0.15) is 4.58 Å². The van der Waals surface area contributed by atoms with Gasteiger partial charge in [0, 0.05) is 11.8 Å².